The van der Waals surface area contributed by atoms with Crippen LogP contribution in [0.2, 0.25) is 0 Å². The summed E-state index contributed by atoms with van der Waals surface area (Å²) in [5.41, 5.74) is 0.734. The molecule has 0 aliphatic carbocycles. The van der Waals surface area contributed by atoms with E-state index in [1.807, 2.05) is 13.8 Å². The molecule has 398 valence electrons. The van der Waals surface area contributed by atoms with Crippen molar-refractivity contribution in [2.75, 3.05) is 45.1 Å². The average Bonchev–Trinajstić information content (AvgIpc) is 3.97. The van der Waals surface area contributed by atoms with Gasteiger partial charge in [-0.15, -0.1) is 6.42 Å². The number of anilines is 2. The maximum Gasteiger partial charge on any atom is 0.326 e. The highest BCUT2D eigenvalue weighted by atomic mass is 16.5. The van der Waals surface area contributed by atoms with Crippen molar-refractivity contribution in [1.29, 1.82) is 0 Å². The zero-order valence-corrected chi connectivity index (χ0v) is 44.3. The van der Waals surface area contributed by atoms with Gasteiger partial charge in [0.05, 0.1) is 42.3 Å². The van der Waals surface area contributed by atoms with E-state index in [0.717, 1.165) is 23.1 Å². The molecular formula is C54H75N7O12. The number of aliphatic carboxylic acids is 1. The molecule has 0 aromatic heterocycles. The van der Waals surface area contributed by atoms with Gasteiger partial charge in [0.25, 0.3) is 17.7 Å². The fraction of sp³-hybridized carbons (Fsp3) is 0.537. The lowest BCUT2D eigenvalue weighted by Gasteiger charge is -2.41. The van der Waals surface area contributed by atoms with E-state index in [-0.39, 0.29) is 41.6 Å². The number of allylic oxidation sites excluding steroid dienone is 3. The van der Waals surface area contributed by atoms with Crippen molar-refractivity contribution < 1.29 is 57.7 Å². The number of carboxylic acids is 1. The van der Waals surface area contributed by atoms with Gasteiger partial charge < -0.3 is 45.2 Å². The normalized spacial score (nSPS) is 18.1. The van der Waals surface area contributed by atoms with Crippen LogP contribution in [0.5, 0.6) is 0 Å². The molecule has 3 rings (SSSR count). The molecule has 1 fully saturated rings. The summed E-state index contributed by atoms with van der Waals surface area (Å²) in [5.74, 6) is -5.40. The number of likely N-dealkylation sites (tertiary alicyclic amines) is 1. The Hall–Kier alpha value is -6.91. The molecule has 0 unspecified atom stereocenters. The molecule has 9 atom stereocenters. The Morgan fingerprint density at radius 2 is 1.56 bits per heavy atom. The highest BCUT2D eigenvalue weighted by Gasteiger charge is 2.44. The first kappa shape index (κ1) is 60.4. The van der Waals surface area contributed by atoms with Crippen LogP contribution in [0.15, 0.2) is 66.8 Å². The molecular weight excluding hydrogens is 939 g/mol. The monoisotopic (exact) mass is 1010 g/mol. The number of amides is 8. The molecule has 1 aromatic rings. The van der Waals surface area contributed by atoms with Gasteiger partial charge in [-0.25, -0.2) is 9.69 Å². The van der Waals surface area contributed by atoms with Crippen LogP contribution < -0.4 is 20.9 Å². The Kier molecular flexibility index (Phi) is 23.0. The third-order valence-electron chi connectivity index (χ3n) is 13.5. The van der Waals surface area contributed by atoms with Gasteiger partial charge in [0.15, 0.2) is 0 Å². The number of terminal acetylenes is 1. The molecule has 2 heterocycles. The van der Waals surface area contributed by atoms with E-state index in [4.69, 9.17) is 15.9 Å². The molecule has 19 heteroatoms. The van der Waals surface area contributed by atoms with Crippen LogP contribution in [0.25, 0.3) is 0 Å². The molecule has 0 saturated carbocycles. The summed E-state index contributed by atoms with van der Waals surface area (Å²) in [7, 11) is 5.92. The first-order chi connectivity index (χ1) is 34.4. The van der Waals surface area contributed by atoms with Crippen LogP contribution in [0.4, 0.5) is 11.4 Å². The van der Waals surface area contributed by atoms with Crippen molar-refractivity contribution in [1.82, 2.24) is 25.3 Å². The number of methoxy groups -OCH3 is 2. The second-order valence-corrected chi connectivity index (χ2v) is 19.4. The number of nitrogens with one attached hydrogen (secondary N) is 3. The first-order valence-corrected chi connectivity index (χ1v) is 24.5. The van der Waals surface area contributed by atoms with E-state index in [2.05, 4.69) is 28.4 Å². The lowest BCUT2D eigenvalue weighted by Crippen LogP contribution is -2.60. The number of rotatable bonds is 26. The summed E-state index contributed by atoms with van der Waals surface area (Å²) >= 11 is 0. The molecule has 4 N–H and O–H groups in total. The zero-order chi connectivity index (χ0) is 55.0. The molecule has 0 spiro atoms. The standard InChI is InChI=1S/C54H75N7O12/c1-15-18-19-21-33(8)26-39(54(70)71)56-50(66)35(10)49(73-14)40-22-20-25-60(40)45(65)30-41(72-13)48(34(9)16-2)59(12)53(69)46(31(4)5)57-51(67)47(32(6)7)58(11)52(68)36-27-37(55-42(62)17-3)29-38(28-36)61-43(63)23-24-44(61)64/h1,17-19,21,23-24,27-29,31-32,34-35,39-41,46-49H,3,16,20,22,25-26,30H2,2,4-14H3,(H,55,62)(H,56,66)(H,57,67)(H,70,71)/b19-18-,33-21+/t34-,35+,39-,40-,41+,46-,47-,48-,49+/m0/s1. The first-order valence-electron chi connectivity index (χ1n) is 24.5. The van der Waals surface area contributed by atoms with Crippen LogP contribution in [0.1, 0.15) is 97.9 Å². The summed E-state index contributed by atoms with van der Waals surface area (Å²) < 4.78 is 11.9. The number of hydrogen-bond acceptors (Lipinski definition) is 11. The number of hydrogen-bond donors (Lipinski definition) is 4. The fourth-order valence-electron chi connectivity index (χ4n) is 9.48. The van der Waals surface area contributed by atoms with Crippen molar-refractivity contribution in [3.8, 4) is 12.3 Å². The number of ether oxygens (including phenoxy) is 2. The van der Waals surface area contributed by atoms with Gasteiger partial charge in [-0.2, -0.15) is 0 Å². The third kappa shape index (κ3) is 15.5. The van der Waals surface area contributed by atoms with Crippen molar-refractivity contribution in [3.63, 3.8) is 0 Å². The largest absolute Gasteiger partial charge is 0.480 e. The van der Waals surface area contributed by atoms with Gasteiger partial charge in [0, 0.05) is 58.3 Å². The third-order valence-corrected chi connectivity index (χ3v) is 13.5. The number of carboxylic acid groups (broad SMARTS) is 1. The quantitative estimate of drug-likeness (QED) is 0.0435. The highest BCUT2D eigenvalue weighted by molar-refractivity contribution is 6.28. The lowest BCUT2D eigenvalue weighted by atomic mass is 9.89. The molecule has 8 amide bonds. The predicted molar refractivity (Wildman–Crippen MR) is 276 cm³/mol. The van der Waals surface area contributed by atoms with Gasteiger partial charge >= 0.3 is 5.97 Å². The van der Waals surface area contributed by atoms with Crippen molar-refractivity contribution in [2.45, 2.75) is 130 Å². The summed E-state index contributed by atoms with van der Waals surface area (Å²) in [5, 5.41) is 18.0. The Bertz CT molecular complexity index is 2350. The number of imide groups is 1. The Balaban J connectivity index is 1.87. The van der Waals surface area contributed by atoms with Gasteiger partial charge in [-0.1, -0.05) is 85.1 Å². The molecule has 0 radical (unpaired) electrons. The SMILES string of the molecule is C#C/C=C\C=C(/C)C[C@H](NC(=O)[C@H](C)[C@@H](OC)[C@@H]1CCCN1C(=O)C[C@@H](OC)[C@H]([C@@H](C)CC)N(C)C(=O)[C@@H](NC(=O)[C@H](C(C)C)N(C)C(=O)c1cc(NC(=O)C=C)cc(N2C(=O)C=CC2=O)c1)C(C)C)C(=O)O. The highest BCUT2D eigenvalue weighted by Crippen LogP contribution is 2.31. The molecule has 1 aromatic carbocycles. The van der Waals surface area contributed by atoms with Crippen molar-refractivity contribution in [3.05, 3.63) is 72.4 Å². The van der Waals surface area contributed by atoms with Gasteiger partial charge in [0.2, 0.25) is 29.5 Å². The number of carbonyl (C=O) groups is 9. The summed E-state index contributed by atoms with van der Waals surface area (Å²) in [6.45, 7) is 18.1. The Morgan fingerprint density at radius 1 is 0.918 bits per heavy atom. The van der Waals surface area contributed by atoms with Crippen LogP contribution in [-0.2, 0) is 47.8 Å². The number of benzene rings is 1. The van der Waals surface area contributed by atoms with E-state index in [0.29, 0.717) is 31.4 Å². The Labute approximate surface area is 429 Å². The maximum absolute atomic E-state index is 14.8. The molecule has 2 aliphatic rings. The number of nitrogens with zero attached hydrogens (tertiary/aromatic N) is 4. The zero-order valence-electron chi connectivity index (χ0n) is 44.3. The van der Waals surface area contributed by atoms with Crippen molar-refractivity contribution >= 4 is 64.6 Å². The van der Waals surface area contributed by atoms with Gasteiger partial charge in [0.1, 0.15) is 18.1 Å². The summed E-state index contributed by atoms with van der Waals surface area (Å²) in [4.78, 5) is 126. The minimum atomic E-state index is -1.22. The minimum absolute atomic E-state index is 0.0111. The molecule has 19 nitrogen and oxygen atoms in total. The number of carbonyl (C=O) groups excluding carboxylic acids is 8. The molecule has 0 bridgehead atoms. The van der Waals surface area contributed by atoms with E-state index in [9.17, 15) is 48.3 Å². The number of likely N-dealkylation sites (N-methyl/N-ethyl adjacent to an activating group) is 2. The van der Waals surface area contributed by atoms with Crippen molar-refractivity contribution in [2.24, 2.45) is 23.7 Å². The van der Waals surface area contributed by atoms with Crippen LogP contribution >= 0.6 is 0 Å². The van der Waals surface area contributed by atoms with E-state index in [1.54, 1.807) is 65.6 Å². The second-order valence-electron chi connectivity index (χ2n) is 19.4. The Morgan fingerprint density at radius 3 is 2.10 bits per heavy atom. The molecule has 2 aliphatic heterocycles. The smallest absolute Gasteiger partial charge is 0.326 e. The fourth-order valence-corrected chi connectivity index (χ4v) is 9.48. The lowest BCUT2D eigenvalue weighted by molar-refractivity contribution is -0.148. The average molecular weight is 1010 g/mol. The summed E-state index contributed by atoms with van der Waals surface area (Å²) in [6.07, 6.45) is 13.2. The molecule has 73 heavy (non-hydrogen) atoms. The maximum atomic E-state index is 14.8. The molecule has 1 saturated heterocycles. The van der Waals surface area contributed by atoms with Crippen LogP contribution in [-0.4, -0.2) is 150 Å². The van der Waals surface area contributed by atoms with E-state index in [1.165, 1.54) is 55.3 Å². The van der Waals surface area contributed by atoms with Gasteiger partial charge in [-0.3, -0.25) is 38.4 Å². The minimum Gasteiger partial charge on any atom is -0.480 e. The second kappa shape index (κ2) is 27.8. The predicted octanol–water partition coefficient (Wildman–Crippen LogP) is 4.49. The van der Waals surface area contributed by atoms with E-state index < -0.39 is 107 Å². The topological polar surface area (TPSA) is 241 Å². The van der Waals surface area contributed by atoms with Crippen LogP contribution in [0.3, 0.4) is 0 Å². The van der Waals surface area contributed by atoms with E-state index >= 15 is 0 Å². The summed E-state index contributed by atoms with van der Waals surface area (Å²) in [6, 6.07) is -0.649. The van der Waals surface area contributed by atoms with Crippen LogP contribution in [0, 0.1) is 36.0 Å². The van der Waals surface area contributed by atoms with Gasteiger partial charge in [-0.05, 0) is 74.3 Å².